The van der Waals surface area contributed by atoms with Gasteiger partial charge in [-0.25, -0.2) is 4.39 Å². The van der Waals surface area contributed by atoms with Crippen LogP contribution < -0.4 is 0 Å². The molecule has 24 heavy (non-hydrogen) atoms. The van der Waals surface area contributed by atoms with Gasteiger partial charge in [0.05, 0.1) is 17.9 Å². The first-order valence-electron chi connectivity index (χ1n) is 7.56. The molecule has 1 unspecified atom stereocenters. The molecular weight excluding hydrogens is 307 g/mol. The zero-order valence-corrected chi connectivity index (χ0v) is 13.4. The van der Waals surface area contributed by atoms with Gasteiger partial charge in [-0.1, -0.05) is 30.3 Å². The molecule has 0 aliphatic carbocycles. The summed E-state index contributed by atoms with van der Waals surface area (Å²) in [7, 11) is 1.69. The monoisotopic (exact) mass is 324 g/mol. The Morgan fingerprint density at radius 1 is 1.12 bits per heavy atom. The summed E-state index contributed by atoms with van der Waals surface area (Å²) in [6.45, 7) is 1.88. The summed E-state index contributed by atoms with van der Waals surface area (Å²) in [5.41, 5.74) is 1.89. The molecule has 0 radical (unpaired) electrons. The van der Waals surface area contributed by atoms with Crippen LogP contribution in [0.4, 0.5) is 4.39 Å². The lowest BCUT2D eigenvalue weighted by molar-refractivity contribution is 0.0736. The van der Waals surface area contributed by atoms with Crippen LogP contribution in [-0.4, -0.2) is 32.8 Å². The number of amides is 1. The molecule has 3 aromatic rings. The van der Waals surface area contributed by atoms with Crippen molar-refractivity contribution in [3.05, 3.63) is 77.9 Å². The second-order valence-corrected chi connectivity index (χ2v) is 5.50. The largest absolute Gasteiger partial charge is 0.334 e. The molecule has 0 saturated heterocycles. The van der Waals surface area contributed by atoms with Gasteiger partial charge in [-0.3, -0.25) is 4.79 Å². The van der Waals surface area contributed by atoms with Crippen molar-refractivity contribution < 1.29 is 9.18 Å². The number of carbonyl (C=O) groups excluding carboxylic acids is 1. The summed E-state index contributed by atoms with van der Waals surface area (Å²) in [5, 5.41) is 8.39. The summed E-state index contributed by atoms with van der Waals surface area (Å²) < 4.78 is 13.0. The van der Waals surface area contributed by atoms with Crippen LogP contribution in [0, 0.1) is 5.82 Å². The van der Waals surface area contributed by atoms with Gasteiger partial charge in [0.25, 0.3) is 5.91 Å². The lowest BCUT2D eigenvalue weighted by Gasteiger charge is -2.24. The normalized spacial score (nSPS) is 12.0. The van der Waals surface area contributed by atoms with Gasteiger partial charge >= 0.3 is 0 Å². The van der Waals surface area contributed by atoms with E-state index in [1.807, 2.05) is 37.3 Å². The molecule has 1 heterocycles. The molecule has 0 saturated carbocycles. The van der Waals surface area contributed by atoms with Gasteiger partial charge < -0.3 is 4.90 Å². The molecule has 0 N–H and O–H groups in total. The summed E-state index contributed by atoms with van der Waals surface area (Å²) in [6.07, 6.45) is 1.45. The van der Waals surface area contributed by atoms with E-state index in [-0.39, 0.29) is 23.5 Å². The molecule has 0 aliphatic rings. The standard InChI is InChI=1S/C18H17FN4O/c1-13(14-8-10-15(19)11-9-14)22(2)18(24)17-12-20-23(21-17)16-6-4-3-5-7-16/h3-13H,1-2H3. The van der Waals surface area contributed by atoms with Crippen LogP contribution in [0.1, 0.15) is 29.0 Å². The molecule has 122 valence electrons. The number of nitrogens with zero attached hydrogens (tertiary/aromatic N) is 4. The van der Waals surface area contributed by atoms with Crippen molar-refractivity contribution in [2.45, 2.75) is 13.0 Å². The molecule has 0 bridgehead atoms. The Balaban J connectivity index is 1.78. The van der Waals surface area contributed by atoms with E-state index in [1.54, 1.807) is 24.1 Å². The highest BCUT2D eigenvalue weighted by atomic mass is 19.1. The first-order valence-corrected chi connectivity index (χ1v) is 7.56. The van der Waals surface area contributed by atoms with E-state index in [2.05, 4.69) is 10.2 Å². The Bertz CT molecular complexity index is 830. The Kier molecular flexibility index (Phi) is 4.37. The second-order valence-electron chi connectivity index (χ2n) is 5.50. The maximum absolute atomic E-state index is 13.0. The number of benzene rings is 2. The van der Waals surface area contributed by atoms with Crippen molar-refractivity contribution in [3.8, 4) is 5.69 Å². The van der Waals surface area contributed by atoms with Crippen molar-refractivity contribution >= 4 is 5.91 Å². The SMILES string of the molecule is CC(c1ccc(F)cc1)N(C)C(=O)c1cnn(-c2ccccc2)n1. The summed E-state index contributed by atoms with van der Waals surface area (Å²) in [6, 6.07) is 15.3. The minimum absolute atomic E-state index is 0.208. The quantitative estimate of drug-likeness (QED) is 0.740. The van der Waals surface area contributed by atoms with E-state index in [1.165, 1.54) is 23.1 Å². The predicted octanol–water partition coefficient (Wildman–Crippen LogP) is 3.24. The smallest absolute Gasteiger partial charge is 0.276 e. The summed E-state index contributed by atoms with van der Waals surface area (Å²) in [4.78, 5) is 15.6. The zero-order valence-electron chi connectivity index (χ0n) is 13.4. The van der Waals surface area contributed by atoms with Crippen LogP contribution in [0.5, 0.6) is 0 Å². The van der Waals surface area contributed by atoms with Crippen LogP contribution >= 0.6 is 0 Å². The number of carbonyl (C=O) groups is 1. The van der Waals surface area contributed by atoms with E-state index < -0.39 is 0 Å². The van der Waals surface area contributed by atoms with Gasteiger partial charge in [0.2, 0.25) is 0 Å². The van der Waals surface area contributed by atoms with Crippen LogP contribution in [0.15, 0.2) is 60.8 Å². The number of rotatable bonds is 4. The Morgan fingerprint density at radius 2 is 1.79 bits per heavy atom. The van der Waals surface area contributed by atoms with E-state index in [0.717, 1.165) is 11.3 Å². The van der Waals surface area contributed by atoms with Crippen LogP contribution in [0.3, 0.4) is 0 Å². The van der Waals surface area contributed by atoms with Gasteiger partial charge in [-0.2, -0.15) is 9.90 Å². The van der Waals surface area contributed by atoms with Gasteiger partial charge in [0, 0.05) is 7.05 Å². The molecule has 1 amide bonds. The second kappa shape index (κ2) is 6.62. The summed E-state index contributed by atoms with van der Waals surface area (Å²) in [5.74, 6) is -0.542. The molecule has 0 spiro atoms. The number of halogens is 1. The van der Waals surface area contributed by atoms with Crippen molar-refractivity contribution in [3.63, 3.8) is 0 Å². The van der Waals surface area contributed by atoms with Crippen LogP contribution in [-0.2, 0) is 0 Å². The third kappa shape index (κ3) is 3.17. The maximum Gasteiger partial charge on any atom is 0.276 e. The average Bonchev–Trinajstić information content (AvgIpc) is 3.11. The third-order valence-corrected chi connectivity index (χ3v) is 3.95. The topological polar surface area (TPSA) is 51.0 Å². The molecule has 2 aromatic carbocycles. The maximum atomic E-state index is 13.0. The Labute approximate surface area is 139 Å². The van der Waals surface area contributed by atoms with Gasteiger partial charge in [0.1, 0.15) is 5.82 Å². The lowest BCUT2D eigenvalue weighted by atomic mass is 10.1. The fourth-order valence-electron chi connectivity index (χ4n) is 2.37. The van der Waals surface area contributed by atoms with Gasteiger partial charge in [-0.15, -0.1) is 5.10 Å². The highest BCUT2D eigenvalue weighted by Crippen LogP contribution is 2.20. The third-order valence-electron chi connectivity index (χ3n) is 3.95. The molecule has 0 fully saturated rings. The van der Waals surface area contributed by atoms with Crippen molar-refractivity contribution in [1.82, 2.24) is 19.9 Å². The molecule has 1 aromatic heterocycles. The zero-order chi connectivity index (χ0) is 17.1. The minimum Gasteiger partial charge on any atom is -0.334 e. The molecule has 3 rings (SSSR count). The Morgan fingerprint density at radius 3 is 2.46 bits per heavy atom. The van der Waals surface area contributed by atoms with Crippen molar-refractivity contribution in [1.29, 1.82) is 0 Å². The average molecular weight is 324 g/mol. The fraction of sp³-hybridized carbons (Fsp3) is 0.167. The molecule has 0 aliphatic heterocycles. The van der Waals surface area contributed by atoms with E-state index in [0.29, 0.717) is 0 Å². The van der Waals surface area contributed by atoms with Gasteiger partial charge in [0.15, 0.2) is 5.69 Å². The highest BCUT2D eigenvalue weighted by Gasteiger charge is 2.21. The first-order chi connectivity index (χ1) is 11.6. The predicted molar refractivity (Wildman–Crippen MR) is 88.3 cm³/mol. The number of hydrogen-bond acceptors (Lipinski definition) is 3. The number of para-hydroxylation sites is 1. The minimum atomic E-state index is -0.300. The summed E-state index contributed by atoms with van der Waals surface area (Å²) >= 11 is 0. The first kappa shape index (κ1) is 15.9. The van der Waals surface area contributed by atoms with Gasteiger partial charge in [-0.05, 0) is 36.8 Å². The van der Waals surface area contributed by atoms with E-state index in [9.17, 15) is 9.18 Å². The van der Waals surface area contributed by atoms with Crippen molar-refractivity contribution in [2.75, 3.05) is 7.05 Å². The van der Waals surface area contributed by atoms with Crippen LogP contribution in [0.2, 0.25) is 0 Å². The molecule has 5 nitrogen and oxygen atoms in total. The van der Waals surface area contributed by atoms with E-state index >= 15 is 0 Å². The highest BCUT2D eigenvalue weighted by molar-refractivity contribution is 5.92. The fourth-order valence-corrected chi connectivity index (χ4v) is 2.37. The molecule has 6 heteroatoms. The van der Waals surface area contributed by atoms with Crippen LogP contribution in [0.25, 0.3) is 5.69 Å². The number of aromatic nitrogens is 3. The number of hydrogen-bond donors (Lipinski definition) is 0. The Hall–Kier alpha value is -3.02. The lowest BCUT2D eigenvalue weighted by Crippen LogP contribution is -2.30. The molecule has 1 atom stereocenters. The molecular formula is C18H17FN4O. The van der Waals surface area contributed by atoms with Crippen molar-refractivity contribution in [2.24, 2.45) is 0 Å². The van der Waals surface area contributed by atoms with E-state index in [4.69, 9.17) is 0 Å².